The van der Waals surface area contributed by atoms with E-state index in [2.05, 4.69) is 12.2 Å². The molecule has 4 nitrogen and oxygen atoms in total. The quantitative estimate of drug-likeness (QED) is 0.840. The van der Waals surface area contributed by atoms with Gasteiger partial charge < -0.3 is 10.2 Å². The van der Waals surface area contributed by atoms with E-state index in [0.29, 0.717) is 0 Å². The highest BCUT2D eigenvalue weighted by atomic mass is 32.2. The summed E-state index contributed by atoms with van der Waals surface area (Å²) in [5.74, 6) is 1.07. The van der Waals surface area contributed by atoms with Gasteiger partial charge in [-0.1, -0.05) is 19.8 Å². The van der Waals surface area contributed by atoms with Crippen LogP contribution in [-0.4, -0.2) is 46.8 Å². The molecular formula is C13H22N2O2S. The summed E-state index contributed by atoms with van der Waals surface area (Å²) in [5, 5.41) is 2.96. The molecule has 0 aromatic rings. The number of nitrogens with zero attached hydrogens (tertiary/aromatic N) is 1. The molecule has 1 unspecified atom stereocenters. The fourth-order valence-corrected chi connectivity index (χ4v) is 3.89. The largest absolute Gasteiger partial charge is 0.340 e. The second kappa shape index (κ2) is 5.51. The summed E-state index contributed by atoms with van der Waals surface area (Å²) in [4.78, 5) is 26.4. The van der Waals surface area contributed by atoms with Crippen molar-refractivity contribution in [3.63, 3.8) is 0 Å². The summed E-state index contributed by atoms with van der Waals surface area (Å²) in [5.41, 5.74) is -0.568. The number of carbonyl (C=O) groups is 2. The molecule has 1 aliphatic carbocycles. The SMILES string of the molecule is CCC(CSC)N1CC(=O)NC2(CCCC2)C1=O. The number of piperazine rings is 1. The summed E-state index contributed by atoms with van der Waals surface area (Å²) >= 11 is 1.74. The van der Waals surface area contributed by atoms with E-state index in [1.807, 2.05) is 11.2 Å². The summed E-state index contributed by atoms with van der Waals surface area (Å²) in [6, 6.07) is 0.191. The van der Waals surface area contributed by atoms with Crippen LogP contribution in [0.2, 0.25) is 0 Å². The minimum absolute atomic E-state index is 0.0102. The lowest BCUT2D eigenvalue weighted by Gasteiger charge is -2.43. The van der Waals surface area contributed by atoms with Crippen LogP contribution in [0, 0.1) is 0 Å². The number of hydrogen-bond donors (Lipinski definition) is 1. The number of rotatable bonds is 4. The molecule has 2 aliphatic rings. The molecule has 1 saturated carbocycles. The van der Waals surface area contributed by atoms with Gasteiger partial charge in [-0.05, 0) is 25.5 Å². The maximum Gasteiger partial charge on any atom is 0.249 e. The highest BCUT2D eigenvalue weighted by molar-refractivity contribution is 7.98. The van der Waals surface area contributed by atoms with Crippen LogP contribution in [0.25, 0.3) is 0 Å². The van der Waals surface area contributed by atoms with Crippen LogP contribution in [0.1, 0.15) is 39.0 Å². The predicted octanol–water partition coefficient (Wildman–Crippen LogP) is 1.40. The molecule has 0 radical (unpaired) electrons. The number of thioether (sulfide) groups is 1. The fraction of sp³-hybridized carbons (Fsp3) is 0.846. The van der Waals surface area contributed by atoms with Crippen LogP contribution in [0.3, 0.4) is 0 Å². The molecule has 0 aromatic heterocycles. The van der Waals surface area contributed by atoms with Crippen molar-refractivity contribution in [1.82, 2.24) is 10.2 Å². The van der Waals surface area contributed by atoms with Crippen molar-refractivity contribution < 1.29 is 9.59 Å². The van der Waals surface area contributed by atoms with Crippen molar-refractivity contribution in [2.24, 2.45) is 0 Å². The van der Waals surface area contributed by atoms with Crippen LogP contribution < -0.4 is 5.32 Å². The van der Waals surface area contributed by atoms with Gasteiger partial charge in [0.1, 0.15) is 5.54 Å². The third-order valence-corrected chi connectivity index (χ3v) is 4.81. The van der Waals surface area contributed by atoms with Gasteiger partial charge in [-0.15, -0.1) is 0 Å². The van der Waals surface area contributed by atoms with Crippen molar-refractivity contribution in [3.8, 4) is 0 Å². The van der Waals surface area contributed by atoms with Crippen LogP contribution >= 0.6 is 11.8 Å². The number of nitrogens with one attached hydrogen (secondary N) is 1. The summed E-state index contributed by atoms with van der Waals surface area (Å²) < 4.78 is 0. The second-order valence-corrected chi connectivity index (χ2v) is 6.20. The Morgan fingerprint density at radius 3 is 2.61 bits per heavy atom. The molecule has 2 rings (SSSR count). The van der Waals surface area contributed by atoms with Gasteiger partial charge in [0, 0.05) is 11.8 Å². The highest BCUT2D eigenvalue weighted by Gasteiger charge is 2.49. The Morgan fingerprint density at radius 2 is 2.06 bits per heavy atom. The number of hydrogen-bond acceptors (Lipinski definition) is 3. The molecule has 2 amide bonds. The lowest BCUT2D eigenvalue weighted by Crippen LogP contribution is -2.67. The molecule has 18 heavy (non-hydrogen) atoms. The van der Waals surface area contributed by atoms with Crippen molar-refractivity contribution >= 4 is 23.6 Å². The molecule has 1 N–H and O–H groups in total. The Hall–Kier alpha value is -0.710. The minimum atomic E-state index is -0.568. The van der Waals surface area contributed by atoms with Gasteiger partial charge in [0.25, 0.3) is 0 Å². The predicted molar refractivity (Wildman–Crippen MR) is 73.5 cm³/mol. The molecule has 1 aliphatic heterocycles. The Morgan fingerprint density at radius 1 is 1.39 bits per heavy atom. The normalized spacial score (nSPS) is 24.4. The summed E-state index contributed by atoms with van der Waals surface area (Å²) in [6.45, 7) is 2.32. The lowest BCUT2D eigenvalue weighted by atomic mass is 9.92. The van der Waals surface area contributed by atoms with Gasteiger partial charge >= 0.3 is 0 Å². The average Bonchev–Trinajstić information content (AvgIpc) is 2.80. The van der Waals surface area contributed by atoms with Crippen molar-refractivity contribution in [2.45, 2.75) is 50.6 Å². The van der Waals surface area contributed by atoms with Gasteiger partial charge in [-0.3, -0.25) is 9.59 Å². The zero-order valence-electron chi connectivity index (χ0n) is 11.2. The molecular weight excluding hydrogens is 248 g/mol. The van der Waals surface area contributed by atoms with Gasteiger partial charge in [-0.2, -0.15) is 11.8 Å². The molecule has 1 saturated heterocycles. The molecule has 1 spiro atoms. The summed E-state index contributed by atoms with van der Waals surface area (Å²) in [7, 11) is 0. The second-order valence-electron chi connectivity index (χ2n) is 5.29. The first-order valence-electron chi connectivity index (χ1n) is 6.74. The van der Waals surface area contributed by atoms with E-state index in [1.54, 1.807) is 11.8 Å². The molecule has 0 aromatic carbocycles. The van der Waals surface area contributed by atoms with Crippen LogP contribution in [0.4, 0.5) is 0 Å². The standard InChI is InChI=1S/C13H22N2O2S/c1-3-10(9-18-2)15-8-11(16)14-13(12(15)17)6-4-5-7-13/h10H,3-9H2,1-2H3,(H,14,16). The topological polar surface area (TPSA) is 49.4 Å². The van der Waals surface area contributed by atoms with E-state index in [4.69, 9.17) is 0 Å². The lowest BCUT2D eigenvalue weighted by molar-refractivity contribution is -0.151. The Bertz CT molecular complexity index is 340. The van der Waals surface area contributed by atoms with Gasteiger partial charge in [0.2, 0.25) is 11.8 Å². The maximum atomic E-state index is 12.7. The van der Waals surface area contributed by atoms with E-state index in [1.165, 1.54) is 0 Å². The van der Waals surface area contributed by atoms with Crippen LogP contribution in [0.5, 0.6) is 0 Å². The number of carbonyl (C=O) groups excluding carboxylic acids is 2. The van der Waals surface area contributed by atoms with E-state index < -0.39 is 5.54 Å². The Labute approximate surface area is 113 Å². The molecule has 1 heterocycles. The van der Waals surface area contributed by atoms with E-state index in [9.17, 15) is 9.59 Å². The highest BCUT2D eigenvalue weighted by Crippen LogP contribution is 2.34. The first-order chi connectivity index (χ1) is 8.63. The van der Waals surface area contributed by atoms with Gasteiger partial charge in [0.05, 0.1) is 6.54 Å². The number of amides is 2. The molecule has 2 fully saturated rings. The molecule has 1 atom stereocenters. The first-order valence-corrected chi connectivity index (χ1v) is 8.13. The Balaban J connectivity index is 2.19. The monoisotopic (exact) mass is 270 g/mol. The molecule has 102 valence electrons. The van der Waals surface area contributed by atoms with Crippen molar-refractivity contribution in [3.05, 3.63) is 0 Å². The first kappa shape index (κ1) is 13.7. The zero-order chi connectivity index (χ0) is 13.2. The van der Waals surface area contributed by atoms with E-state index in [-0.39, 0.29) is 24.4 Å². The van der Waals surface area contributed by atoms with Crippen molar-refractivity contribution in [2.75, 3.05) is 18.6 Å². The third kappa shape index (κ3) is 2.37. The Kier molecular flexibility index (Phi) is 4.20. The minimum Gasteiger partial charge on any atom is -0.340 e. The van der Waals surface area contributed by atoms with Crippen LogP contribution in [-0.2, 0) is 9.59 Å². The fourth-order valence-electron chi connectivity index (χ4n) is 3.09. The van der Waals surface area contributed by atoms with E-state index >= 15 is 0 Å². The molecule has 0 bridgehead atoms. The maximum absolute atomic E-state index is 12.7. The summed E-state index contributed by atoms with van der Waals surface area (Å²) in [6.07, 6.45) is 6.66. The van der Waals surface area contributed by atoms with Crippen molar-refractivity contribution in [1.29, 1.82) is 0 Å². The zero-order valence-corrected chi connectivity index (χ0v) is 12.0. The van der Waals surface area contributed by atoms with Crippen LogP contribution in [0.15, 0.2) is 0 Å². The van der Waals surface area contributed by atoms with Gasteiger partial charge in [-0.25, -0.2) is 0 Å². The van der Waals surface area contributed by atoms with E-state index in [0.717, 1.165) is 37.9 Å². The van der Waals surface area contributed by atoms with Gasteiger partial charge in [0.15, 0.2) is 0 Å². The third-order valence-electron chi connectivity index (χ3n) is 4.09. The smallest absolute Gasteiger partial charge is 0.249 e. The average molecular weight is 270 g/mol. The molecule has 5 heteroatoms.